The molecule has 0 bridgehead atoms. The first kappa shape index (κ1) is 26.2. The average molecular weight is 456 g/mol. The van der Waals surface area contributed by atoms with Gasteiger partial charge in [0.2, 0.25) is 6.79 Å². The van der Waals surface area contributed by atoms with Crippen molar-refractivity contribution in [3.63, 3.8) is 0 Å². The SMILES string of the molecule is CCC(C)COC(=O)OCO/C(=C(/C=NC)c1ccc(C(C)(C)C)cc1)c1cc(C)nn1C. The summed E-state index contributed by atoms with van der Waals surface area (Å²) in [5.41, 5.74) is 4.56. The highest BCUT2D eigenvalue weighted by atomic mass is 16.8. The zero-order valence-electron chi connectivity index (χ0n) is 21.1. The number of aromatic nitrogens is 2. The van der Waals surface area contributed by atoms with Gasteiger partial charge in [-0.2, -0.15) is 5.10 Å². The Morgan fingerprint density at radius 1 is 1.18 bits per heavy atom. The van der Waals surface area contributed by atoms with Gasteiger partial charge in [0.1, 0.15) is 5.69 Å². The van der Waals surface area contributed by atoms with Gasteiger partial charge in [0.25, 0.3) is 0 Å². The number of ether oxygens (including phenoxy) is 3. The zero-order valence-corrected chi connectivity index (χ0v) is 21.1. The van der Waals surface area contributed by atoms with Crippen LogP contribution in [0.3, 0.4) is 0 Å². The first-order chi connectivity index (χ1) is 15.6. The second-order valence-corrected chi connectivity index (χ2v) is 9.23. The van der Waals surface area contributed by atoms with Crippen molar-refractivity contribution in [2.45, 2.75) is 53.4 Å². The Morgan fingerprint density at radius 2 is 1.85 bits per heavy atom. The molecule has 1 aromatic carbocycles. The molecule has 2 rings (SSSR count). The molecule has 0 aliphatic carbocycles. The van der Waals surface area contributed by atoms with Crippen LogP contribution >= 0.6 is 0 Å². The van der Waals surface area contributed by atoms with Gasteiger partial charge in [-0.1, -0.05) is 65.3 Å². The molecule has 2 aromatic rings. The highest BCUT2D eigenvalue weighted by Crippen LogP contribution is 2.29. The molecule has 1 atom stereocenters. The predicted molar refractivity (Wildman–Crippen MR) is 132 cm³/mol. The Labute approximate surface area is 197 Å². The zero-order chi connectivity index (χ0) is 24.6. The number of aliphatic imine (C=N–C) groups is 1. The fourth-order valence-electron chi connectivity index (χ4n) is 3.16. The van der Waals surface area contributed by atoms with Gasteiger partial charge in [-0.15, -0.1) is 0 Å². The van der Waals surface area contributed by atoms with Crippen molar-refractivity contribution in [1.82, 2.24) is 9.78 Å². The number of rotatable bonds is 9. The molecule has 0 N–H and O–H groups in total. The van der Waals surface area contributed by atoms with Crippen LogP contribution in [0.4, 0.5) is 4.79 Å². The van der Waals surface area contributed by atoms with Crippen LogP contribution < -0.4 is 0 Å². The molecule has 0 aliphatic rings. The van der Waals surface area contributed by atoms with Crippen molar-refractivity contribution in [3.05, 3.63) is 52.8 Å². The molecular formula is C26H37N3O4. The summed E-state index contributed by atoms with van der Waals surface area (Å²) in [4.78, 5) is 16.2. The van der Waals surface area contributed by atoms with Gasteiger partial charge in [-0.25, -0.2) is 4.79 Å². The van der Waals surface area contributed by atoms with Crippen molar-refractivity contribution < 1.29 is 19.0 Å². The highest BCUT2D eigenvalue weighted by molar-refractivity contribution is 6.18. The molecule has 0 radical (unpaired) electrons. The van der Waals surface area contributed by atoms with Crippen molar-refractivity contribution in [2.24, 2.45) is 18.0 Å². The lowest BCUT2D eigenvalue weighted by Crippen LogP contribution is -2.15. The summed E-state index contributed by atoms with van der Waals surface area (Å²) in [6.45, 7) is 12.5. The van der Waals surface area contributed by atoms with Crippen LogP contribution in [-0.2, 0) is 26.7 Å². The minimum absolute atomic E-state index is 0.0448. The molecule has 1 aromatic heterocycles. The maximum Gasteiger partial charge on any atom is 0.511 e. The van der Waals surface area contributed by atoms with Crippen LogP contribution in [0.25, 0.3) is 11.3 Å². The summed E-state index contributed by atoms with van der Waals surface area (Å²) in [5.74, 6) is 0.789. The number of benzene rings is 1. The summed E-state index contributed by atoms with van der Waals surface area (Å²) in [7, 11) is 3.55. The molecule has 0 spiro atoms. The molecule has 0 saturated heterocycles. The predicted octanol–water partition coefficient (Wildman–Crippen LogP) is 5.77. The van der Waals surface area contributed by atoms with E-state index in [1.54, 1.807) is 17.9 Å². The molecule has 180 valence electrons. The molecule has 0 aliphatic heterocycles. The van der Waals surface area contributed by atoms with E-state index in [1.807, 2.05) is 46.0 Å². The lowest BCUT2D eigenvalue weighted by atomic mass is 9.86. The molecular weight excluding hydrogens is 418 g/mol. The van der Waals surface area contributed by atoms with E-state index in [0.29, 0.717) is 12.4 Å². The number of hydrogen-bond acceptors (Lipinski definition) is 6. The fourth-order valence-corrected chi connectivity index (χ4v) is 3.16. The van der Waals surface area contributed by atoms with E-state index >= 15 is 0 Å². The van der Waals surface area contributed by atoms with Gasteiger partial charge in [-0.05, 0) is 35.4 Å². The Kier molecular flexibility index (Phi) is 9.26. The van der Waals surface area contributed by atoms with E-state index in [9.17, 15) is 4.79 Å². The first-order valence-corrected chi connectivity index (χ1v) is 11.3. The Bertz CT molecular complexity index is 982. The van der Waals surface area contributed by atoms with Crippen molar-refractivity contribution in [3.8, 4) is 0 Å². The molecule has 0 fully saturated rings. The largest absolute Gasteiger partial charge is 0.511 e. The van der Waals surface area contributed by atoms with E-state index < -0.39 is 6.16 Å². The van der Waals surface area contributed by atoms with Gasteiger partial charge in [0.05, 0.1) is 12.3 Å². The van der Waals surface area contributed by atoms with Gasteiger partial charge in [0.15, 0.2) is 5.76 Å². The standard InChI is InChI=1S/C26H37N3O4/c1-9-18(2)16-31-25(30)33-17-32-24(23-14-19(3)28-29(23)8)22(15-27-7)20-10-12-21(13-11-20)26(4,5)6/h10-15,18H,9,16-17H2,1-8H3/b24-22-,27-15?. The number of nitrogens with zero attached hydrogens (tertiary/aromatic N) is 3. The number of hydrogen-bond donors (Lipinski definition) is 0. The van der Waals surface area contributed by atoms with Gasteiger partial charge in [-0.3, -0.25) is 9.67 Å². The molecule has 33 heavy (non-hydrogen) atoms. The van der Waals surface area contributed by atoms with Gasteiger partial charge in [0, 0.05) is 25.9 Å². The topological polar surface area (TPSA) is 74.9 Å². The average Bonchev–Trinajstić information content (AvgIpc) is 3.10. The molecule has 7 heteroatoms. The van der Waals surface area contributed by atoms with Crippen molar-refractivity contribution >= 4 is 23.7 Å². The van der Waals surface area contributed by atoms with Gasteiger partial charge < -0.3 is 14.2 Å². The van der Waals surface area contributed by atoms with Crippen LogP contribution in [0.1, 0.15) is 63.6 Å². The molecule has 7 nitrogen and oxygen atoms in total. The summed E-state index contributed by atoms with van der Waals surface area (Å²) < 4.78 is 18.1. The van der Waals surface area contributed by atoms with Crippen molar-refractivity contribution in [2.75, 3.05) is 20.4 Å². The van der Waals surface area contributed by atoms with E-state index in [2.05, 4.69) is 43.0 Å². The molecule has 1 heterocycles. The van der Waals surface area contributed by atoms with Crippen LogP contribution in [0.2, 0.25) is 0 Å². The lowest BCUT2D eigenvalue weighted by Gasteiger charge is -2.20. The molecule has 1 unspecified atom stereocenters. The third-order valence-corrected chi connectivity index (χ3v) is 5.36. The smallest absolute Gasteiger partial charge is 0.454 e. The summed E-state index contributed by atoms with van der Waals surface area (Å²) in [6.07, 6.45) is 1.91. The third kappa shape index (κ3) is 7.48. The van der Waals surface area contributed by atoms with Crippen LogP contribution in [-0.4, -0.2) is 42.6 Å². The first-order valence-electron chi connectivity index (χ1n) is 11.3. The quantitative estimate of drug-likeness (QED) is 0.208. The van der Waals surface area contributed by atoms with Crippen LogP contribution in [0, 0.1) is 12.8 Å². The fraction of sp³-hybridized carbons (Fsp3) is 0.500. The monoisotopic (exact) mass is 455 g/mol. The minimum Gasteiger partial charge on any atom is -0.454 e. The summed E-state index contributed by atoms with van der Waals surface area (Å²) in [5, 5.41) is 4.44. The van der Waals surface area contributed by atoms with Gasteiger partial charge >= 0.3 is 6.16 Å². The number of aryl methyl sites for hydroxylation is 2. The number of allylic oxidation sites excluding steroid dienone is 1. The minimum atomic E-state index is -0.754. The van der Waals surface area contributed by atoms with E-state index in [1.165, 1.54) is 5.56 Å². The Hall–Kier alpha value is -3.09. The third-order valence-electron chi connectivity index (χ3n) is 5.36. The molecule has 0 amide bonds. The Morgan fingerprint density at radius 3 is 2.36 bits per heavy atom. The van der Waals surface area contributed by atoms with Crippen LogP contribution in [0.5, 0.6) is 0 Å². The normalized spacial score (nSPS) is 13.6. The van der Waals surface area contributed by atoms with E-state index in [-0.39, 0.29) is 18.1 Å². The summed E-state index contributed by atoms with van der Waals surface area (Å²) in [6, 6.07) is 10.2. The summed E-state index contributed by atoms with van der Waals surface area (Å²) >= 11 is 0. The Balaban J connectivity index is 2.37. The van der Waals surface area contributed by atoms with Crippen molar-refractivity contribution in [1.29, 1.82) is 0 Å². The van der Waals surface area contributed by atoms with Crippen LogP contribution in [0.15, 0.2) is 35.3 Å². The highest BCUT2D eigenvalue weighted by Gasteiger charge is 2.19. The number of carbonyl (C=O) groups excluding carboxylic acids is 1. The maximum atomic E-state index is 12.0. The number of carbonyl (C=O) groups is 1. The second-order valence-electron chi connectivity index (χ2n) is 9.23. The van der Waals surface area contributed by atoms with E-state index in [0.717, 1.165) is 28.9 Å². The lowest BCUT2D eigenvalue weighted by molar-refractivity contribution is -0.0103. The van der Waals surface area contributed by atoms with E-state index in [4.69, 9.17) is 14.2 Å². The second kappa shape index (κ2) is 11.7. The maximum absolute atomic E-state index is 12.0. The molecule has 0 saturated carbocycles.